The number of hydrogen-bond acceptors (Lipinski definition) is 5. The van der Waals surface area contributed by atoms with Crippen LogP contribution < -0.4 is 15.2 Å². The number of rotatable bonds is 7. The van der Waals surface area contributed by atoms with E-state index >= 15 is 0 Å². The van der Waals surface area contributed by atoms with Crippen LogP contribution in [0.25, 0.3) is 0 Å². The molecule has 0 saturated heterocycles. The molecule has 0 saturated carbocycles. The number of nitrogens with zero attached hydrogens (tertiary/aromatic N) is 2. The van der Waals surface area contributed by atoms with Crippen LogP contribution in [0.4, 0.5) is 8.78 Å². The highest BCUT2D eigenvalue weighted by Gasteiger charge is 2.16. The molecule has 2 N–H and O–H groups in total. The fraction of sp³-hybridized carbons (Fsp3) is 0.158. The molecule has 1 atom stereocenters. The van der Waals surface area contributed by atoms with E-state index in [1.807, 2.05) is 30.3 Å². The van der Waals surface area contributed by atoms with Crippen LogP contribution in [0, 0.1) is 0 Å². The van der Waals surface area contributed by atoms with Crippen molar-refractivity contribution in [1.29, 1.82) is 0 Å². The Labute approximate surface area is 149 Å². The zero-order chi connectivity index (χ0) is 18.4. The van der Waals surface area contributed by atoms with Gasteiger partial charge in [-0.2, -0.15) is 8.78 Å². The Morgan fingerprint density at radius 3 is 2.35 bits per heavy atom. The molecule has 3 rings (SSSR count). The second kappa shape index (κ2) is 8.35. The van der Waals surface area contributed by atoms with Crippen LogP contribution >= 0.6 is 0 Å². The maximum Gasteiger partial charge on any atom is 0.387 e. The molecule has 26 heavy (non-hydrogen) atoms. The van der Waals surface area contributed by atoms with Crippen molar-refractivity contribution >= 4 is 0 Å². The minimum atomic E-state index is -2.95. The average molecular weight is 357 g/mol. The predicted octanol–water partition coefficient (Wildman–Crippen LogP) is 3.71. The third kappa shape index (κ3) is 4.52. The van der Waals surface area contributed by atoms with Crippen LogP contribution in [0.3, 0.4) is 0 Å². The van der Waals surface area contributed by atoms with Crippen molar-refractivity contribution in [3.05, 3.63) is 83.9 Å². The van der Waals surface area contributed by atoms with Gasteiger partial charge in [0, 0.05) is 18.0 Å². The Morgan fingerprint density at radius 2 is 1.65 bits per heavy atom. The first-order chi connectivity index (χ1) is 12.6. The Bertz CT molecular complexity index is 833. The number of aromatic nitrogens is 2. The van der Waals surface area contributed by atoms with Gasteiger partial charge in [0.15, 0.2) is 11.5 Å². The minimum absolute atomic E-state index is 0.0452. The predicted molar refractivity (Wildman–Crippen MR) is 91.9 cm³/mol. The molecule has 3 aromatic rings. The fourth-order valence-electron chi connectivity index (χ4n) is 2.42. The van der Waals surface area contributed by atoms with E-state index in [-0.39, 0.29) is 18.1 Å². The van der Waals surface area contributed by atoms with Gasteiger partial charge < -0.3 is 15.2 Å². The van der Waals surface area contributed by atoms with Gasteiger partial charge in [0.2, 0.25) is 0 Å². The van der Waals surface area contributed by atoms with Crippen LogP contribution in [0.2, 0.25) is 0 Å². The van der Waals surface area contributed by atoms with Crippen LogP contribution in [0.1, 0.15) is 22.7 Å². The van der Waals surface area contributed by atoms with Gasteiger partial charge in [-0.3, -0.25) is 0 Å². The molecule has 0 radical (unpaired) electrons. The van der Waals surface area contributed by atoms with Gasteiger partial charge in [0.05, 0.1) is 6.04 Å². The largest absolute Gasteiger partial charge is 0.485 e. The summed E-state index contributed by atoms with van der Waals surface area (Å²) in [5.74, 6) is 0.148. The zero-order valence-electron chi connectivity index (χ0n) is 13.8. The standard InChI is InChI=1S/C19H17F2N3O2/c20-19(21)26-16-7-6-14(18(22)15-9-23-12-24-10-15)8-17(16)25-11-13-4-2-1-3-5-13/h1-10,12,18-19H,11,22H2. The van der Waals surface area contributed by atoms with Crippen molar-refractivity contribution in [2.45, 2.75) is 19.3 Å². The lowest BCUT2D eigenvalue weighted by molar-refractivity contribution is -0.0516. The fourth-order valence-corrected chi connectivity index (χ4v) is 2.42. The summed E-state index contributed by atoms with van der Waals surface area (Å²) in [5, 5.41) is 0. The molecule has 1 heterocycles. The first-order valence-corrected chi connectivity index (χ1v) is 7.89. The minimum Gasteiger partial charge on any atom is -0.485 e. The Kier molecular flexibility index (Phi) is 5.70. The third-order valence-corrected chi connectivity index (χ3v) is 3.72. The molecular weight excluding hydrogens is 340 g/mol. The number of benzene rings is 2. The van der Waals surface area contributed by atoms with Crippen molar-refractivity contribution < 1.29 is 18.3 Å². The van der Waals surface area contributed by atoms with Crippen molar-refractivity contribution in [2.24, 2.45) is 5.73 Å². The number of halogens is 2. The molecule has 1 aromatic heterocycles. The summed E-state index contributed by atoms with van der Waals surface area (Å²) in [6, 6.07) is 13.5. The summed E-state index contributed by atoms with van der Waals surface area (Å²) in [7, 11) is 0. The molecule has 0 spiro atoms. The van der Waals surface area contributed by atoms with Gasteiger partial charge in [0.1, 0.15) is 12.9 Å². The van der Waals surface area contributed by atoms with E-state index in [9.17, 15) is 8.78 Å². The van der Waals surface area contributed by atoms with E-state index in [2.05, 4.69) is 14.7 Å². The maximum atomic E-state index is 12.7. The van der Waals surface area contributed by atoms with Gasteiger partial charge in [-0.1, -0.05) is 36.4 Å². The number of ether oxygens (including phenoxy) is 2. The highest BCUT2D eigenvalue weighted by atomic mass is 19.3. The summed E-state index contributed by atoms with van der Waals surface area (Å²) < 4.78 is 35.6. The quantitative estimate of drug-likeness (QED) is 0.698. The first kappa shape index (κ1) is 17.8. The number of hydrogen-bond donors (Lipinski definition) is 1. The Balaban J connectivity index is 1.86. The number of alkyl halides is 2. The van der Waals surface area contributed by atoms with E-state index in [4.69, 9.17) is 10.5 Å². The maximum absolute atomic E-state index is 12.7. The monoisotopic (exact) mass is 357 g/mol. The summed E-state index contributed by atoms with van der Waals surface area (Å²) in [6.45, 7) is -2.73. The average Bonchev–Trinajstić information content (AvgIpc) is 2.68. The molecule has 0 aliphatic rings. The lowest BCUT2D eigenvalue weighted by Gasteiger charge is -2.17. The van der Waals surface area contributed by atoms with Gasteiger partial charge >= 0.3 is 6.61 Å². The molecule has 0 bridgehead atoms. The smallest absolute Gasteiger partial charge is 0.387 e. The molecule has 0 amide bonds. The molecule has 134 valence electrons. The zero-order valence-corrected chi connectivity index (χ0v) is 13.8. The lowest BCUT2D eigenvalue weighted by atomic mass is 10.0. The highest BCUT2D eigenvalue weighted by molar-refractivity contribution is 5.45. The Morgan fingerprint density at radius 1 is 0.923 bits per heavy atom. The lowest BCUT2D eigenvalue weighted by Crippen LogP contribution is -2.13. The molecule has 0 aliphatic heterocycles. The molecule has 0 aliphatic carbocycles. The van der Waals surface area contributed by atoms with Gasteiger partial charge in [-0.15, -0.1) is 0 Å². The summed E-state index contributed by atoms with van der Waals surface area (Å²) in [4.78, 5) is 7.88. The van der Waals surface area contributed by atoms with Crippen LogP contribution in [-0.2, 0) is 6.61 Å². The second-order valence-electron chi connectivity index (χ2n) is 5.51. The van der Waals surface area contributed by atoms with Crippen LogP contribution in [-0.4, -0.2) is 16.6 Å². The molecule has 5 nitrogen and oxygen atoms in total. The van der Waals surface area contributed by atoms with Crippen LogP contribution in [0.5, 0.6) is 11.5 Å². The van der Waals surface area contributed by atoms with E-state index in [1.165, 1.54) is 12.4 Å². The summed E-state index contributed by atoms with van der Waals surface area (Å²) in [5.41, 5.74) is 8.49. The van der Waals surface area contributed by atoms with Gasteiger partial charge in [0.25, 0.3) is 0 Å². The normalized spacial score (nSPS) is 12.0. The van der Waals surface area contributed by atoms with Crippen molar-refractivity contribution in [3.8, 4) is 11.5 Å². The molecule has 0 fully saturated rings. The highest BCUT2D eigenvalue weighted by Crippen LogP contribution is 2.33. The third-order valence-electron chi connectivity index (χ3n) is 3.72. The van der Waals surface area contributed by atoms with Crippen molar-refractivity contribution in [2.75, 3.05) is 0 Å². The van der Waals surface area contributed by atoms with E-state index in [1.54, 1.807) is 24.5 Å². The topological polar surface area (TPSA) is 70.3 Å². The van der Waals surface area contributed by atoms with E-state index in [0.717, 1.165) is 5.56 Å². The SMILES string of the molecule is NC(c1cncnc1)c1ccc(OC(F)F)c(OCc2ccccc2)c1. The molecule has 7 heteroatoms. The molecule has 1 unspecified atom stereocenters. The van der Waals surface area contributed by atoms with Gasteiger partial charge in [-0.05, 0) is 23.3 Å². The molecular formula is C19H17F2N3O2. The number of nitrogens with two attached hydrogens (primary N) is 1. The van der Waals surface area contributed by atoms with Crippen molar-refractivity contribution in [3.63, 3.8) is 0 Å². The Hall–Kier alpha value is -3.06. The van der Waals surface area contributed by atoms with Crippen LogP contribution in [0.15, 0.2) is 67.3 Å². The van der Waals surface area contributed by atoms with Crippen molar-refractivity contribution in [1.82, 2.24) is 9.97 Å². The summed E-state index contributed by atoms with van der Waals surface area (Å²) >= 11 is 0. The second-order valence-corrected chi connectivity index (χ2v) is 5.51. The van der Waals surface area contributed by atoms with E-state index < -0.39 is 12.7 Å². The summed E-state index contributed by atoms with van der Waals surface area (Å²) in [6.07, 6.45) is 4.61. The first-order valence-electron chi connectivity index (χ1n) is 7.89. The van der Waals surface area contributed by atoms with Gasteiger partial charge in [-0.25, -0.2) is 9.97 Å². The molecule has 2 aromatic carbocycles. The van der Waals surface area contributed by atoms with E-state index in [0.29, 0.717) is 11.1 Å².